The molecule has 1 aliphatic rings. The molecule has 2 aromatic heterocycles. The lowest BCUT2D eigenvalue weighted by atomic mass is 9.82. The molecule has 0 bridgehead atoms. The van der Waals surface area contributed by atoms with Gasteiger partial charge in [-0.25, -0.2) is 0 Å². The molecular formula is C41H32N2. The fraction of sp³-hybridized carbons (Fsp3) is 0.122. The minimum Gasteiger partial charge on any atom is -0.309 e. The van der Waals surface area contributed by atoms with E-state index in [9.17, 15) is 0 Å². The van der Waals surface area contributed by atoms with Crippen molar-refractivity contribution in [3.63, 3.8) is 0 Å². The highest BCUT2D eigenvalue weighted by Gasteiger charge is 2.36. The molecule has 0 spiro atoms. The molecule has 6 aromatic carbocycles. The maximum absolute atomic E-state index is 2.45. The molecule has 0 N–H and O–H groups in total. The Labute approximate surface area is 251 Å². The van der Waals surface area contributed by atoms with Crippen LogP contribution >= 0.6 is 0 Å². The molecule has 206 valence electrons. The average Bonchev–Trinajstić information content (AvgIpc) is 3.59. The fourth-order valence-electron chi connectivity index (χ4n) is 7.71. The van der Waals surface area contributed by atoms with Gasteiger partial charge in [0.15, 0.2) is 0 Å². The molecule has 0 amide bonds. The van der Waals surface area contributed by atoms with Gasteiger partial charge in [-0.3, -0.25) is 0 Å². The summed E-state index contributed by atoms with van der Waals surface area (Å²) in [5.41, 5.74) is 15.3. The molecule has 0 saturated carbocycles. The first-order valence-corrected chi connectivity index (χ1v) is 15.2. The minimum absolute atomic E-state index is 0.139. The number of para-hydroxylation sites is 2. The van der Waals surface area contributed by atoms with E-state index in [1.807, 2.05) is 0 Å². The molecule has 0 fully saturated rings. The minimum atomic E-state index is -0.139. The van der Waals surface area contributed by atoms with Crippen LogP contribution in [0.1, 0.15) is 36.1 Å². The lowest BCUT2D eigenvalue weighted by Crippen LogP contribution is -2.16. The summed E-state index contributed by atoms with van der Waals surface area (Å²) in [6.45, 7) is 9.13. The zero-order chi connectivity index (χ0) is 29.0. The summed E-state index contributed by atoms with van der Waals surface area (Å²) in [5, 5.41) is 5.20. The van der Waals surface area contributed by atoms with Gasteiger partial charge >= 0.3 is 0 Å². The Morgan fingerprint density at radius 3 is 1.30 bits per heavy atom. The highest BCUT2D eigenvalue weighted by molar-refractivity contribution is 6.10. The van der Waals surface area contributed by atoms with Crippen LogP contribution in [-0.4, -0.2) is 9.13 Å². The molecule has 0 radical (unpaired) electrons. The maximum Gasteiger partial charge on any atom is 0.0543 e. The summed E-state index contributed by atoms with van der Waals surface area (Å²) in [7, 11) is 0. The first-order chi connectivity index (χ1) is 20.9. The predicted octanol–water partition coefficient (Wildman–Crippen LogP) is 10.8. The number of hydrogen-bond donors (Lipinski definition) is 0. The van der Waals surface area contributed by atoms with Crippen molar-refractivity contribution < 1.29 is 0 Å². The Hall–Kier alpha value is -5.08. The zero-order valence-electron chi connectivity index (χ0n) is 24.9. The normalized spacial score (nSPS) is 13.8. The quantitative estimate of drug-likeness (QED) is 0.202. The number of aromatic nitrogens is 2. The van der Waals surface area contributed by atoms with Crippen molar-refractivity contribution in [2.24, 2.45) is 0 Å². The smallest absolute Gasteiger partial charge is 0.0543 e. The summed E-state index contributed by atoms with van der Waals surface area (Å²) < 4.78 is 4.89. The predicted molar refractivity (Wildman–Crippen MR) is 182 cm³/mol. The second kappa shape index (κ2) is 8.49. The van der Waals surface area contributed by atoms with Crippen molar-refractivity contribution in [2.75, 3.05) is 0 Å². The monoisotopic (exact) mass is 552 g/mol. The molecular weight excluding hydrogens is 520 g/mol. The number of nitrogens with zero attached hydrogens (tertiary/aromatic N) is 2. The van der Waals surface area contributed by atoms with Crippen molar-refractivity contribution in [3.05, 3.63) is 144 Å². The van der Waals surface area contributed by atoms with Crippen molar-refractivity contribution in [1.82, 2.24) is 9.13 Å². The molecule has 43 heavy (non-hydrogen) atoms. The van der Waals surface area contributed by atoms with Gasteiger partial charge in [0.1, 0.15) is 0 Å². The number of rotatable bonds is 2. The lowest BCUT2D eigenvalue weighted by molar-refractivity contribution is 0.659. The highest BCUT2D eigenvalue weighted by atomic mass is 15.0. The van der Waals surface area contributed by atoms with Gasteiger partial charge in [-0.15, -0.1) is 0 Å². The van der Waals surface area contributed by atoms with Gasteiger partial charge in [0.05, 0.1) is 22.1 Å². The van der Waals surface area contributed by atoms with E-state index in [1.165, 1.54) is 88.4 Å². The van der Waals surface area contributed by atoms with Crippen molar-refractivity contribution in [1.29, 1.82) is 0 Å². The summed E-state index contributed by atoms with van der Waals surface area (Å²) in [4.78, 5) is 0. The van der Waals surface area contributed by atoms with E-state index in [4.69, 9.17) is 0 Å². The van der Waals surface area contributed by atoms with E-state index in [0.717, 1.165) is 0 Å². The van der Waals surface area contributed by atoms with Crippen LogP contribution in [0.2, 0.25) is 0 Å². The molecule has 8 aromatic rings. The average molecular weight is 553 g/mol. The second-order valence-corrected chi connectivity index (χ2v) is 12.8. The number of benzene rings is 6. The summed E-state index contributed by atoms with van der Waals surface area (Å²) in [5.74, 6) is 0. The van der Waals surface area contributed by atoms with Gasteiger partial charge in [0, 0.05) is 38.3 Å². The van der Waals surface area contributed by atoms with Crippen molar-refractivity contribution >= 4 is 43.6 Å². The molecule has 0 saturated heterocycles. The van der Waals surface area contributed by atoms with E-state index >= 15 is 0 Å². The van der Waals surface area contributed by atoms with Crippen molar-refractivity contribution in [2.45, 2.75) is 33.1 Å². The SMILES string of the molecule is Cc1ccc2c3ccccc3n(-c3ccc4c(c3)C(C)(C)c3cc(-n5c6ccccc6c6ccc(C)cc65)ccc3-4)c2c1. The lowest BCUT2D eigenvalue weighted by Gasteiger charge is -2.23. The summed E-state index contributed by atoms with van der Waals surface area (Å²) >= 11 is 0. The molecule has 1 aliphatic carbocycles. The van der Waals surface area contributed by atoms with Gasteiger partial charge in [-0.1, -0.05) is 86.6 Å². The van der Waals surface area contributed by atoms with Crippen LogP contribution in [0.4, 0.5) is 0 Å². The van der Waals surface area contributed by atoms with Crippen LogP contribution in [0.15, 0.2) is 121 Å². The van der Waals surface area contributed by atoms with E-state index in [-0.39, 0.29) is 5.41 Å². The van der Waals surface area contributed by atoms with Gasteiger partial charge < -0.3 is 9.13 Å². The topological polar surface area (TPSA) is 9.86 Å². The standard InChI is InChI=1S/C41H32N2/c1-25-13-17-33-31-9-5-7-11-37(31)42(39(33)21-25)27-15-19-29-30-20-16-28(24-36(30)41(3,4)35(29)23-27)43-38-12-8-6-10-32(38)34-18-14-26(2)22-40(34)43/h5-24H,1-4H3. The van der Waals surface area contributed by atoms with Crippen molar-refractivity contribution in [3.8, 4) is 22.5 Å². The molecule has 0 atom stereocenters. The van der Waals surface area contributed by atoms with E-state index < -0.39 is 0 Å². The number of hydrogen-bond acceptors (Lipinski definition) is 0. The molecule has 9 rings (SSSR count). The molecule has 2 heterocycles. The maximum atomic E-state index is 2.45. The molecule has 2 heteroatoms. The second-order valence-electron chi connectivity index (χ2n) is 12.8. The highest BCUT2D eigenvalue weighted by Crippen LogP contribution is 2.50. The first kappa shape index (κ1) is 24.5. The third-order valence-electron chi connectivity index (χ3n) is 9.82. The van der Waals surface area contributed by atoms with Crippen LogP contribution in [0.5, 0.6) is 0 Å². The van der Waals surface area contributed by atoms with Crippen LogP contribution in [0, 0.1) is 13.8 Å². The van der Waals surface area contributed by atoms with Gasteiger partial charge in [0.2, 0.25) is 0 Å². The van der Waals surface area contributed by atoms with Crippen LogP contribution in [0.25, 0.3) is 66.1 Å². The number of fused-ring (bicyclic) bond motifs is 9. The zero-order valence-corrected chi connectivity index (χ0v) is 24.9. The Balaban J connectivity index is 1.25. The van der Waals surface area contributed by atoms with Crippen LogP contribution in [0.3, 0.4) is 0 Å². The van der Waals surface area contributed by atoms with Crippen LogP contribution in [-0.2, 0) is 5.41 Å². The van der Waals surface area contributed by atoms with E-state index in [2.05, 4.69) is 158 Å². The molecule has 0 aliphatic heterocycles. The van der Waals surface area contributed by atoms with Gasteiger partial charge in [0.25, 0.3) is 0 Å². The Morgan fingerprint density at radius 1 is 0.419 bits per heavy atom. The van der Waals surface area contributed by atoms with Gasteiger partial charge in [-0.05, 0) is 95.8 Å². The molecule has 0 unspecified atom stereocenters. The van der Waals surface area contributed by atoms with E-state index in [1.54, 1.807) is 0 Å². The van der Waals surface area contributed by atoms with E-state index in [0.29, 0.717) is 0 Å². The Kier molecular flexibility index (Phi) is 4.84. The molecule has 2 nitrogen and oxygen atoms in total. The largest absolute Gasteiger partial charge is 0.309 e. The van der Waals surface area contributed by atoms with Gasteiger partial charge in [-0.2, -0.15) is 0 Å². The fourth-order valence-corrected chi connectivity index (χ4v) is 7.71. The van der Waals surface area contributed by atoms with Crippen LogP contribution < -0.4 is 0 Å². The third kappa shape index (κ3) is 3.29. The first-order valence-electron chi connectivity index (χ1n) is 15.2. The summed E-state index contributed by atoms with van der Waals surface area (Å²) in [6, 6.07) is 45.4. The Bertz CT molecular complexity index is 2280. The Morgan fingerprint density at radius 2 is 0.837 bits per heavy atom. The number of aryl methyl sites for hydroxylation is 2. The third-order valence-corrected chi connectivity index (χ3v) is 9.82. The summed E-state index contributed by atoms with van der Waals surface area (Å²) in [6.07, 6.45) is 0.